The van der Waals surface area contributed by atoms with Crippen LogP contribution in [0, 0.1) is 6.92 Å². The molecule has 2 nitrogen and oxygen atoms in total. The Bertz CT molecular complexity index is 374. The Labute approximate surface area is 99.4 Å². The van der Waals surface area contributed by atoms with Crippen molar-refractivity contribution < 1.29 is 4.79 Å². The van der Waals surface area contributed by atoms with E-state index >= 15 is 0 Å². The zero-order valence-electron chi connectivity index (χ0n) is 9.54. The lowest BCUT2D eigenvalue weighted by molar-refractivity contribution is 0.0754. The van der Waals surface area contributed by atoms with Crippen molar-refractivity contribution in [3.05, 3.63) is 33.8 Å². The molecule has 0 aromatic heterocycles. The number of carbonyl (C=O) groups excluding carboxylic acids is 1. The molecule has 0 aliphatic carbocycles. The Hall–Kier alpha value is -0.830. The predicted octanol–water partition coefficient (Wildman–Crippen LogP) is 3.24. The minimum absolute atomic E-state index is 0.0561. The molecule has 1 amide bonds. The number of nitrogens with zero attached hydrogens (tertiary/aromatic N) is 1. The van der Waals surface area contributed by atoms with Gasteiger partial charge >= 0.3 is 0 Å². The lowest BCUT2D eigenvalue weighted by Crippen LogP contribution is -2.33. The summed E-state index contributed by atoms with van der Waals surface area (Å²) in [6.45, 7) is 5.99. The lowest BCUT2D eigenvalue weighted by atomic mass is 10.1. The first-order chi connectivity index (χ1) is 6.95. The highest BCUT2D eigenvalue weighted by Gasteiger charge is 2.17. The van der Waals surface area contributed by atoms with Gasteiger partial charge in [-0.05, 0) is 48.3 Å². The van der Waals surface area contributed by atoms with Crippen molar-refractivity contribution in [2.24, 2.45) is 0 Å². The molecule has 0 saturated carbocycles. The monoisotopic (exact) mass is 269 g/mol. The molecule has 0 bridgehead atoms. The summed E-state index contributed by atoms with van der Waals surface area (Å²) in [5.41, 5.74) is 1.81. The maximum atomic E-state index is 12.1. The third-order valence-corrected chi connectivity index (χ3v) is 3.57. The molecule has 3 heteroatoms. The van der Waals surface area contributed by atoms with E-state index in [0.29, 0.717) is 0 Å². The van der Waals surface area contributed by atoms with Gasteiger partial charge in [0.15, 0.2) is 0 Å². The summed E-state index contributed by atoms with van der Waals surface area (Å²) >= 11 is 3.45. The molecule has 0 fully saturated rings. The standard InChI is InChI=1S/C12H16BrNO/c1-8(2)14(4)12(15)10-7-5-6-9(3)11(10)13/h5-8H,1-4H3. The van der Waals surface area contributed by atoms with Crippen LogP contribution in [-0.2, 0) is 0 Å². The maximum absolute atomic E-state index is 12.1. The first-order valence-electron chi connectivity index (χ1n) is 4.97. The molecule has 0 N–H and O–H groups in total. The largest absolute Gasteiger partial charge is 0.339 e. The van der Waals surface area contributed by atoms with Gasteiger partial charge in [0.05, 0.1) is 5.56 Å². The van der Waals surface area contributed by atoms with Gasteiger partial charge in [0.2, 0.25) is 0 Å². The van der Waals surface area contributed by atoms with E-state index in [1.54, 1.807) is 4.90 Å². The first kappa shape index (κ1) is 12.2. The van der Waals surface area contributed by atoms with Gasteiger partial charge in [0, 0.05) is 17.6 Å². The molecule has 0 aliphatic heterocycles. The average molecular weight is 270 g/mol. The molecule has 1 aromatic rings. The number of hydrogen-bond donors (Lipinski definition) is 0. The Morgan fingerprint density at radius 1 is 1.40 bits per heavy atom. The van der Waals surface area contributed by atoms with Crippen LogP contribution >= 0.6 is 15.9 Å². The Kier molecular flexibility index (Phi) is 3.91. The van der Waals surface area contributed by atoms with Crippen LogP contribution in [0.2, 0.25) is 0 Å². The molecule has 1 aromatic carbocycles. The molecule has 0 radical (unpaired) electrons. The van der Waals surface area contributed by atoms with Crippen LogP contribution in [0.25, 0.3) is 0 Å². The van der Waals surface area contributed by atoms with Gasteiger partial charge < -0.3 is 4.90 Å². The Morgan fingerprint density at radius 2 is 2.00 bits per heavy atom. The predicted molar refractivity (Wildman–Crippen MR) is 66.1 cm³/mol. The summed E-state index contributed by atoms with van der Waals surface area (Å²) in [7, 11) is 1.82. The molecule has 1 rings (SSSR count). The number of hydrogen-bond acceptors (Lipinski definition) is 1. The first-order valence-corrected chi connectivity index (χ1v) is 5.76. The van der Waals surface area contributed by atoms with Crippen molar-refractivity contribution in [1.82, 2.24) is 4.90 Å². The number of carbonyl (C=O) groups is 1. The van der Waals surface area contributed by atoms with Crippen LogP contribution in [0.15, 0.2) is 22.7 Å². The van der Waals surface area contributed by atoms with Gasteiger partial charge in [-0.15, -0.1) is 0 Å². The second-order valence-corrected chi connectivity index (χ2v) is 4.74. The molecule has 0 unspecified atom stereocenters. The number of amides is 1. The Morgan fingerprint density at radius 3 is 2.53 bits per heavy atom. The van der Waals surface area contributed by atoms with Crippen molar-refractivity contribution in [3.8, 4) is 0 Å². The molecular weight excluding hydrogens is 254 g/mol. The fourth-order valence-electron chi connectivity index (χ4n) is 1.24. The second-order valence-electron chi connectivity index (χ2n) is 3.95. The van der Waals surface area contributed by atoms with E-state index in [9.17, 15) is 4.79 Å². The van der Waals surface area contributed by atoms with E-state index in [1.807, 2.05) is 46.0 Å². The minimum Gasteiger partial charge on any atom is -0.339 e. The molecule has 0 aliphatic rings. The smallest absolute Gasteiger partial charge is 0.254 e. The van der Waals surface area contributed by atoms with Gasteiger partial charge in [-0.3, -0.25) is 4.79 Å². The van der Waals surface area contributed by atoms with Crippen LogP contribution in [0.1, 0.15) is 29.8 Å². The minimum atomic E-state index is 0.0561. The van der Waals surface area contributed by atoms with E-state index in [4.69, 9.17) is 0 Å². The van der Waals surface area contributed by atoms with E-state index in [1.165, 1.54) is 0 Å². The molecule has 0 heterocycles. The van der Waals surface area contributed by atoms with Crippen molar-refractivity contribution in [2.45, 2.75) is 26.8 Å². The molecule has 0 spiro atoms. The normalized spacial score (nSPS) is 10.5. The molecule has 82 valence electrons. The van der Waals surface area contributed by atoms with E-state index in [-0.39, 0.29) is 11.9 Å². The van der Waals surface area contributed by atoms with Crippen LogP contribution in [0.3, 0.4) is 0 Å². The highest BCUT2D eigenvalue weighted by Crippen LogP contribution is 2.22. The van der Waals surface area contributed by atoms with E-state index in [0.717, 1.165) is 15.6 Å². The highest BCUT2D eigenvalue weighted by molar-refractivity contribution is 9.10. The van der Waals surface area contributed by atoms with Crippen molar-refractivity contribution in [1.29, 1.82) is 0 Å². The SMILES string of the molecule is Cc1cccc(C(=O)N(C)C(C)C)c1Br. The van der Waals surface area contributed by atoms with E-state index in [2.05, 4.69) is 15.9 Å². The summed E-state index contributed by atoms with van der Waals surface area (Å²) in [4.78, 5) is 13.8. The van der Waals surface area contributed by atoms with Gasteiger partial charge in [0.1, 0.15) is 0 Å². The summed E-state index contributed by atoms with van der Waals surface area (Å²) in [5, 5.41) is 0. The fraction of sp³-hybridized carbons (Fsp3) is 0.417. The van der Waals surface area contributed by atoms with Crippen molar-refractivity contribution in [3.63, 3.8) is 0 Å². The summed E-state index contributed by atoms with van der Waals surface area (Å²) in [6.07, 6.45) is 0. The summed E-state index contributed by atoms with van der Waals surface area (Å²) in [5.74, 6) is 0.0561. The van der Waals surface area contributed by atoms with Gasteiger partial charge in [-0.1, -0.05) is 12.1 Å². The highest BCUT2D eigenvalue weighted by atomic mass is 79.9. The van der Waals surface area contributed by atoms with E-state index < -0.39 is 0 Å². The number of halogens is 1. The maximum Gasteiger partial charge on any atom is 0.254 e. The van der Waals surface area contributed by atoms with Crippen LogP contribution in [0.4, 0.5) is 0 Å². The van der Waals surface area contributed by atoms with Crippen LogP contribution in [0.5, 0.6) is 0 Å². The zero-order chi connectivity index (χ0) is 11.6. The lowest BCUT2D eigenvalue weighted by Gasteiger charge is -2.22. The van der Waals surface area contributed by atoms with Crippen LogP contribution < -0.4 is 0 Å². The van der Waals surface area contributed by atoms with Gasteiger partial charge in [0.25, 0.3) is 5.91 Å². The Balaban J connectivity index is 3.07. The average Bonchev–Trinajstić information content (AvgIpc) is 2.20. The summed E-state index contributed by atoms with van der Waals surface area (Å²) in [6, 6.07) is 5.95. The quantitative estimate of drug-likeness (QED) is 0.807. The fourth-order valence-corrected chi connectivity index (χ4v) is 1.67. The number of aryl methyl sites for hydroxylation is 1. The molecule has 15 heavy (non-hydrogen) atoms. The topological polar surface area (TPSA) is 20.3 Å². The molecule has 0 atom stereocenters. The molecular formula is C12H16BrNO. The van der Waals surface area contributed by atoms with Gasteiger partial charge in [-0.2, -0.15) is 0 Å². The third-order valence-electron chi connectivity index (χ3n) is 2.52. The van der Waals surface area contributed by atoms with Crippen molar-refractivity contribution >= 4 is 21.8 Å². The summed E-state index contributed by atoms with van der Waals surface area (Å²) < 4.78 is 0.891. The number of benzene rings is 1. The van der Waals surface area contributed by atoms with Crippen LogP contribution in [-0.4, -0.2) is 23.9 Å². The van der Waals surface area contributed by atoms with Crippen molar-refractivity contribution in [2.75, 3.05) is 7.05 Å². The zero-order valence-corrected chi connectivity index (χ0v) is 11.1. The second kappa shape index (κ2) is 4.79. The van der Waals surface area contributed by atoms with Gasteiger partial charge in [-0.25, -0.2) is 0 Å². The third kappa shape index (κ3) is 2.59. The number of rotatable bonds is 2. The molecule has 0 saturated heterocycles.